The number of para-hydroxylation sites is 1. The smallest absolute Gasteiger partial charge is 0.331 e. The van der Waals surface area contributed by atoms with Gasteiger partial charge in [0.1, 0.15) is 6.54 Å². The van der Waals surface area contributed by atoms with Crippen LogP contribution in [0.25, 0.3) is 10.9 Å². The first-order valence-electron chi connectivity index (χ1n) is 10.1. The van der Waals surface area contributed by atoms with Gasteiger partial charge >= 0.3 is 5.69 Å². The van der Waals surface area contributed by atoms with Crippen LogP contribution in [0.15, 0.2) is 58.1 Å². The van der Waals surface area contributed by atoms with E-state index >= 15 is 0 Å². The lowest BCUT2D eigenvalue weighted by Crippen LogP contribution is -2.47. The molecule has 1 aromatic heterocycles. The predicted molar refractivity (Wildman–Crippen MR) is 118 cm³/mol. The highest BCUT2D eigenvalue weighted by atomic mass is 16.2. The summed E-state index contributed by atoms with van der Waals surface area (Å²) in [6.45, 7) is 3.35. The number of hydrogen-bond acceptors (Lipinski definition) is 5. The largest absolute Gasteiger partial charge is 0.360 e. The van der Waals surface area contributed by atoms with Crippen molar-refractivity contribution in [2.75, 3.05) is 29.9 Å². The lowest BCUT2D eigenvalue weighted by Gasteiger charge is -2.28. The number of nitrogens with one attached hydrogen (secondary N) is 2. The lowest BCUT2D eigenvalue weighted by atomic mass is 10.2. The number of hydrogen-bond donors (Lipinski definition) is 2. The summed E-state index contributed by atoms with van der Waals surface area (Å²) in [7, 11) is 0. The molecule has 0 unspecified atom stereocenters. The number of carbonyl (C=O) groups excluding carboxylic acids is 2. The van der Waals surface area contributed by atoms with Gasteiger partial charge in [0, 0.05) is 31.0 Å². The van der Waals surface area contributed by atoms with Gasteiger partial charge in [-0.15, -0.1) is 0 Å². The van der Waals surface area contributed by atoms with Crippen LogP contribution in [0.3, 0.4) is 0 Å². The first kappa shape index (κ1) is 20.4. The average Bonchev–Trinajstić information content (AvgIpc) is 2.77. The SMILES string of the molecule is CCn1c(=O)c2ccccc2n(CC(=O)Nc2ccc(N3CCNC(=O)C3)cc2)c1=O. The fraction of sp³-hybridized carbons (Fsp3) is 0.273. The minimum absolute atomic E-state index is 0.0188. The van der Waals surface area contributed by atoms with Gasteiger partial charge in [-0.25, -0.2) is 4.79 Å². The molecule has 9 heteroatoms. The molecule has 0 spiro atoms. The molecular weight excluding hydrogens is 398 g/mol. The molecular formula is C22H23N5O4. The van der Waals surface area contributed by atoms with Crippen molar-refractivity contribution in [1.29, 1.82) is 0 Å². The Morgan fingerprint density at radius 1 is 1.03 bits per heavy atom. The van der Waals surface area contributed by atoms with Crippen LogP contribution in [0.2, 0.25) is 0 Å². The summed E-state index contributed by atoms with van der Waals surface area (Å²) < 4.78 is 2.44. The summed E-state index contributed by atoms with van der Waals surface area (Å²) in [5.74, 6) is -0.395. The Morgan fingerprint density at radius 3 is 2.48 bits per heavy atom. The van der Waals surface area contributed by atoms with Gasteiger partial charge in [-0.2, -0.15) is 0 Å². The highest BCUT2D eigenvalue weighted by Gasteiger charge is 2.17. The van der Waals surface area contributed by atoms with Gasteiger partial charge in [-0.3, -0.25) is 23.5 Å². The average molecular weight is 421 g/mol. The van der Waals surface area contributed by atoms with Crippen LogP contribution >= 0.6 is 0 Å². The maximum atomic E-state index is 12.8. The summed E-state index contributed by atoms with van der Waals surface area (Å²) in [5, 5.41) is 5.97. The van der Waals surface area contributed by atoms with E-state index in [-0.39, 0.29) is 30.5 Å². The van der Waals surface area contributed by atoms with Crippen LogP contribution in [-0.4, -0.2) is 40.6 Å². The second kappa shape index (κ2) is 8.47. The fourth-order valence-electron chi connectivity index (χ4n) is 3.76. The van der Waals surface area contributed by atoms with Crippen molar-refractivity contribution >= 4 is 34.1 Å². The maximum absolute atomic E-state index is 12.8. The minimum atomic E-state index is -0.514. The van der Waals surface area contributed by atoms with E-state index in [9.17, 15) is 19.2 Å². The summed E-state index contributed by atoms with van der Waals surface area (Å²) >= 11 is 0. The molecule has 0 aliphatic carbocycles. The molecule has 1 aliphatic rings. The zero-order chi connectivity index (χ0) is 22.0. The van der Waals surface area contributed by atoms with E-state index in [1.165, 1.54) is 4.57 Å². The summed E-state index contributed by atoms with van der Waals surface area (Å²) in [5.41, 5.74) is 1.03. The van der Waals surface area contributed by atoms with Crippen LogP contribution in [0.1, 0.15) is 6.92 Å². The van der Waals surface area contributed by atoms with Crippen LogP contribution in [0, 0.1) is 0 Å². The van der Waals surface area contributed by atoms with Crippen molar-refractivity contribution in [3.05, 3.63) is 69.4 Å². The normalized spacial score (nSPS) is 13.8. The Kier molecular flexibility index (Phi) is 5.57. The Labute approximate surface area is 177 Å². The molecule has 0 saturated carbocycles. The zero-order valence-electron chi connectivity index (χ0n) is 17.1. The maximum Gasteiger partial charge on any atom is 0.331 e. The molecule has 1 fully saturated rings. The third kappa shape index (κ3) is 4.07. The second-order valence-electron chi connectivity index (χ2n) is 7.30. The summed E-state index contributed by atoms with van der Waals surface area (Å²) in [6.07, 6.45) is 0. The monoisotopic (exact) mass is 421 g/mol. The van der Waals surface area contributed by atoms with E-state index in [2.05, 4.69) is 10.6 Å². The molecule has 0 bridgehead atoms. The van der Waals surface area contributed by atoms with Crippen LogP contribution in [-0.2, 0) is 22.7 Å². The van der Waals surface area contributed by atoms with E-state index in [0.29, 0.717) is 29.7 Å². The molecule has 0 atom stereocenters. The van der Waals surface area contributed by atoms with Crippen LogP contribution < -0.4 is 26.8 Å². The fourth-order valence-corrected chi connectivity index (χ4v) is 3.76. The van der Waals surface area contributed by atoms with Gasteiger partial charge in [0.15, 0.2) is 0 Å². The number of piperazine rings is 1. The number of rotatable bonds is 5. The Balaban J connectivity index is 1.54. The number of fused-ring (bicyclic) bond motifs is 1. The standard InChI is InChI=1S/C22H23N5O4/c1-2-26-21(30)17-5-3-4-6-18(17)27(22(26)31)14-20(29)24-15-7-9-16(10-8-15)25-12-11-23-19(28)13-25/h3-10H,2,11-14H2,1H3,(H,23,28)(H,24,29). The molecule has 1 saturated heterocycles. The first-order chi connectivity index (χ1) is 15.0. The van der Waals surface area contributed by atoms with Gasteiger partial charge in [-0.05, 0) is 43.3 Å². The Morgan fingerprint density at radius 2 is 1.77 bits per heavy atom. The topological polar surface area (TPSA) is 105 Å². The molecule has 3 aromatic rings. The Hall–Kier alpha value is -3.88. The summed E-state index contributed by atoms with van der Waals surface area (Å²) in [6, 6.07) is 14.0. The highest BCUT2D eigenvalue weighted by Crippen LogP contribution is 2.18. The molecule has 2 heterocycles. The van der Waals surface area contributed by atoms with Gasteiger partial charge in [0.05, 0.1) is 17.4 Å². The zero-order valence-corrected chi connectivity index (χ0v) is 17.1. The molecule has 160 valence electrons. The molecule has 2 amide bonds. The number of nitrogens with zero attached hydrogens (tertiary/aromatic N) is 3. The number of carbonyl (C=O) groups is 2. The van der Waals surface area contributed by atoms with E-state index in [1.54, 1.807) is 43.3 Å². The minimum Gasteiger partial charge on any atom is -0.360 e. The van der Waals surface area contributed by atoms with E-state index in [1.807, 2.05) is 17.0 Å². The molecule has 1 aliphatic heterocycles. The molecule has 2 N–H and O–H groups in total. The molecule has 9 nitrogen and oxygen atoms in total. The molecule has 31 heavy (non-hydrogen) atoms. The van der Waals surface area contributed by atoms with Crippen LogP contribution in [0.4, 0.5) is 11.4 Å². The van der Waals surface area contributed by atoms with Gasteiger partial charge in [-0.1, -0.05) is 12.1 Å². The number of aromatic nitrogens is 2. The van der Waals surface area contributed by atoms with Gasteiger partial charge in [0.25, 0.3) is 5.56 Å². The van der Waals surface area contributed by atoms with Gasteiger partial charge in [0.2, 0.25) is 11.8 Å². The molecule has 4 rings (SSSR count). The molecule has 2 aromatic carbocycles. The third-order valence-electron chi connectivity index (χ3n) is 5.30. The highest BCUT2D eigenvalue weighted by molar-refractivity contribution is 5.92. The predicted octanol–water partition coefficient (Wildman–Crippen LogP) is 0.758. The van der Waals surface area contributed by atoms with E-state index < -0.39 is 5.69 Å². The van der Waals surface area contributed by atoms with Crippen LogP contribution in [0.5, 0.6) is 0 Å². The second-order valence-corrected chi connectivity index (χ2v) is 7.30. The van der Waals surface area contributed by atoms with Crippen molar-refractivity contribution in [2.45, 2.75) is 20.0 Å². The lowest BCUT2D eigenvalue weighted by molar-refractivity contribution is -0.120. The van der Waals surface area contributed by atoms with E-state index in [4.69, 9.17) is 0 Å². The number of amides is 2. The molecule has 0 radical (unpaired) electrons. The van der Waals surface area contributed by atoms with Crippen molar-refractivity contribution in [3.63, 3.8) is 0 Å². The van der Waals surface area contributed by atoms with Crippen molar-refractivity contribution < 1.29 is 9.59 Å². The van der Waals surface area contributed by atoms with Crippen molar-refractivity contribution in [2.24, 2.45) is 0 Å². The third-order valence-corrected chi connectivity index (χ3v) is 5.30. The van der Waals surface area contributed by atoms with Crippen molar-refractivity contribution in [1.82, 2.24) is 14.5 Å². The first-order valence-corrected chi connectivity index (χ1v) is 10.1. The van der Waals surface area contributed by atoms with E-state index in [0.717, 1.165) is 16.8 Å². The summed E-state index contributed by atoms with van der Waals surface area (Å²) in [4.78, 5) is 51.5. The quantitative estimate of drug-likeness (QED) is 0.633. The van der Waals surface area contributed by atoms with Gasteiger partial charge < -0.3 is 15.5 Å². The number of benzene rings is 2. The Bertz CT molecular complexity index is 1260. The van der Waals surface area contributed by atoms with Crippen molar-refractivity contribution in [3.8, 4) is 0 Å². The number of anilines is 2.